The Hall–Kier alpha value is -2.20. The lowest BCUT2D eigenvalue weighted by Gasteiger charge is -2.18. The molecule has 0 spiro atoms. The Morgan fingerprint density at radius 3 is 2.19 bits per heavy atom. The van der Waals surface area contributed by atoms with Gasteiger partial charge in [-0.2, -0.15) is 0 Å². The van der Waals surface area contributed by atoms with Crippen LogP contribution < -0.4 is 19.9 Å². The smallest absolute Gasteiger partial charge is 0.127 e. The fourth-order valence-corrected chi connectivity index (χ4v) is 3.77. The molecule has 1 aliphatic carbocycles. The van der Waals surface area contributed by atoms with E-state index in [1.807, 2.05) is 42.5 Å². The van der Waals surface area contributed by atoms with E-state index in [-0.39, 0.29) is 6.04 Å². The van der Waals surface area contributed by atoms with Crippen molar-refractivity contribution in [3.63, 3.8) is 0 Å². The van der Waals surface area contributed by atoms with E-state index in [0.29, 0.717) is 5.92 Å². The van der Waals surface area contributed by atoms with Crippen molar-refractivity contribution >= 4 is 0 Å². The van der Waals surface area contributed by atoms with E-state index in [4.69, 9.17) is 19.9 Å². The van der Waals surface area contributed by atoms with E-state index in [1.54, 1.807) is 14.2 Å². The molecule has 0 heterocycles. The Balaban J connectivity index is 1.64. The summed E-state index contributed by atoms with van der Waals surface area (Å²) in [4.78, 5) is 0. The van der Waals surface area contributed by atoms with Crippen molar-refractivity contribution in [3.8, 4) is 17.2 Å². The third kappa shape index (κ3) is 5.16. The minimum atomic E-state index is -0.262. The second kappa shape index (κ2) is 9.65. The topological polar surface area (TPSA) is 53.7 Å². The Kier molecular flexibility index (Phi) is 6.99. The minimum absolute atomic E-state index is 0.262. The molecule has 0 bridgehead atoms. The first-order valence-electron chi connectivity index (χ1n) is 9.91. The summed E-state index contributed by atoms with van der Waals surface area (Å²) in [5.74, 6) is 3.09. The normalized spacial score (nSPS) is 16.4. The van der Waals surface area contributed by atoms with Crippen LogP contribution in [-0.4, -0.2) is 20.8 Å². The lowest BCUT2D eigenvalue weighted by molar-refractivity contribution is 0.233. The van der Waals surface area contributed by atoms with Gasteiger partial charge >= 0.3 is 0 Å². The maximum atomic E-state index is 6.48. The van der Waals surface area contributed by atoms with Crippen molar-refractivity contribution in [2.75, 3.05) is 20.8 Å². The number of hydrogen-bond donors (Lipinski definition) is 1. The van der Waals surface area contributed by atoms with Gasteiger partial charge in [-0.3, -0.25) is 0 Å². The summed E-state index contributed by atoms with van der Waals surface area (Å²) in [7, 11) is 3.29. The number of ether oxygens (including phenoxy) is 3. The van der Waals surface area contributed by atoms with Crippen LogP contribution in [0.5, 0.6) is 17.2 Å². The molecule has 146 valence electrons. The van der Waals surface area contributed by atoms with Gasteiger partial charge in [0.15, 0.2) is 0 Å². The predicted molar refractivity (Wildman–Crippen MR) is 109 cm³/mol. The Bertz CT molecular complexity index is 706. The largest absolute Gasteiger partial charge is 0.497 e. The zero-order valence-electron chi connectivity index (χ0n) is 16.4. The van der Waals surface area contributed by atoms with E-state index in [9.17, 15) is 0 Å². The molecule has 1 saturated carbocycles. The van der Waals surface area contributed by atoms with E-state index in [0.717, 1.165) is 35.0 Å². The molecule has 1 fully saturated rings. The average molecular weight is 370 g/mol. The fourth-order valence-electron chi connectivity index (χ4n) is 3.77. The van der Waals surface area contributed by atoms with E-state index in [2.05, 4.69) is 0 Å². The number of methoxy groups -OCH3 is 2. The van der Waals surface area contributed by atoms with Crippen molar-refractivity contribution in [3.05, 3.63) is 53.6 Å². The first-order valence-corrected chi connectivity index (χ1v) is 9.91. The quantitative estimate of drug-likeness (QED) is 0.690. The highest BCUT2D eigenvalue weighted by Gasteiger charge is 2.16. The Morgan fingerprint density at radius 1 is 0.889 bits per heavy atom. The Labute approximate surface area is 162 Å². The van der Waals surface area contributed by atoms with Crippen LogP contribution in [0.25, 0.3) is 0 Å². The molecule has 4 heteroatoms. The van der Waals surface area contributed by atoms with Crippen molar-refractivity contribution in [2.45, 2.75) is 44.6 Å². The maximum Gasteiger partial charge on any atom is 0.127 e. The van der Waals surface area contributed by atoms with Gasteiger partial charge in [-0.1, -0.05) is 37.8 Å². The molecule has 0 aliphatic heterocycles. The van der Waals surface area contributed by atoms with E-state index in [1.165, 1.54) is 38.5 Å². The van der Waals surface area contributed by atoms with E-state index >= 15 is 0 Å². The summed E-state index contributed by atoms with van der Waals surface area (Å²) >= 11 is 0. The number of rotatable bonds is 7. The number of nitrogens with two attached hydrogens (primary N) is 1. The van der Waals surface area contributed by atoms with Crippen LogP contribution >= 0.6 is 0 Å². The van der Waals surface area contributed by atoms with Gasteiger partial charge in [0, 0.05) is 11.6 Å². The molecule has 0 aromatic heterocycles. The molecule has 27 heavy (non-hydrogen) atoms. The summed E-state index contributed by atoms with van der Waals surface area (Å²) in [5, 5.41) is 0. The molecule has 1 unspecified atom stereocenters. The van der Waals surface area contributed by atoms with Crippen molar-refractivity contribution in [2.24, 2.45) is 11.7 Å². The maximum absolute atomic E-state index is 6.48. The Morgan fingerprint density at radius 2 is 1.56 bits per heavy atom. The third-order valence-electron chi connectivity index (χ3n) is 5.48. The van der Waals surface area contributed by atoms with Crippen LogP contribution in [0.2, 0.25) is 0 Å². The van der Waals surface area contributed by atoms with Crippen LogP contribution in [0.15, 0.2) is 42.5 Å². The second-order valence-electron chi connectivity index (χ2n) is 7.32. The average Bonchev–Trinajstić information content (AvgIpc) is 3.00. The van der Waals surface area contributed by atoms with Gasteiger partial charge in [-0.05, 0) is 48.6 Å². The molecule has 2 aromatic carbocycles. The van der Waals surface area contributed by atoms with Gasteiger partial charge in [0.05, 0.1) is 26.9 Å². The highest BCUT2D eigenvalue weighted by atomic mass is 16.5. The van der Waals surface area contributed by atoms with Gasteiger partial charge in [0.1, 0.15) is 17.2 Å². The number of hydrogen-bond acceptors (Lipinski definition) is 4. The summed E-state index contributed by atoms with van der Waals surface area (Å²) in [6, 6.07) is 13.6. The summed E-state index contributed by atoms with van der Waals surface area (Å²) in [5.41, 5.74) is 8.44. The molecular weight excluding hydrogens is 338 g/mol. The van der Waals surface area contributed by atoms with Gasteiger partial charge in [0.2, 0.25) is 0 Å². The fraction of sp³-hybridized carbons (Fsp3) is 0.478. The van der Waals surface area contributed by atoms with Gasteiger partial charge < -0.3 is 19.9 Å². The summed E-state index contributed by atoms with van der Waals surface area (Å²) in [6.07, 6.45) is 8.01. The molecule has 1 atom stereocenters. The minimum Gasteiger partial charge on any atom is -0.497 e. The van der Waals surface area contributed by atoms with Crippen LogP contribution in [0.1, 0.15) is 55.7 Å². The van der Waals surface area contributed by atoms with Crippen LogP contribution in [-0.2, 0) is 0 Å². The molecular formula is C23H31NO3. The summed E-state index contributed by atoms with van der Waals surface area (Å²) in [6.45, 7) is 0.817. The molecule has 0 saturated heterocycles. The second-order valence-corrected chi connectivity index (χ2v) is 7.32. The lowest BCUT2D eigenvalue weighted by Crippen LogP contribution is -2.14. The SMILES string of the molecule is COc1ccc(C(N)c2ccc(OCC3CCCCCC3)cc2)c(OC)c1. The standard InChI is InChI=1S/C23H31NO3/c1-25-20-13-14-21(22(15-20)26-2)23(24)18-9-11-19(12-10-18)27-16-17-7-5-3-4-6-8-17/h9-15,17,23H,3-8,16,24H2,1-2H3. The molecule has 3 rings (SSSR count). The van der Waals surface area contributed by atoms with Gasteiger partial charge in [-0.15, -0.1) is 0 Å². The molecule has 4 nitrogen and oxygen atoms in total. The molecule has 2 N–H and O–H groups in total. The number of benzene rings is 2. The molecule has 2 aromatic rings. The monoisotopic (exact) mass is 369 g/mol. The first kappa shape index (κ1) is 19.6. The van der Waals surface area contributed by atoms with Crippen LogP contribution in [0.4, 0.5) is 0 Å². The zero-order chi connectivity index (χ0) is 19.1. The molecule has 1 aliphatic rings. The third-order valence-corrected chi connectivity index (χ3v) is 5.48. The highest BCUT2D eigenvalue weighted by molar-refractivity contribution is 5.46. The zero-order valence-corrected chi connectivity index (χ0v) is 16.4. The van der Waals surface area contributed by atoms with Crippen LogP contribution in [0.3, 0.4) is 0 Å². The van der Waals surface area contributed by atoms with Gasteiger partial charge in [0.25, 0.3) is 0 Å². The predicted octanol–water partition coefficient (Wildman–Crippen LogP) is 5.10. The van der Waals surface area contributed by atoms with Crippen molar-refractivity contribution in [1.29, 1.82) is 0 Å². The molecule has 0 radical (unpaired) electrons. The van der Waals surface area contributed by atoms with Crippen molar-refractivity contribution < 1.29 is 14.2 Å². The van der Waals surface area contributed by atoms with Gasteiger partial charge in [-0.25, -0.2) is 0 Å². The van der Waals surface area contributed by atoms with Crippen LogP contribution in [0, 0.1) is 5.92 Å². The highest BCUT2D eigenvalue weighted by Crippen LogP contribution is 2.32. The molecule has 0 amide bonds. The van der Waals surface area contributed by atoms with Crippen molar-refractivity contribution in [1.82, 2.24) is 0 Å². The lowest BCUT2D eigenvalue weighted by atomic mass is 9.98. The first-order chi connectivity index (χ1) is 13.2. The van der Waals surface area contributed by atoms with E-state index < -0.39 is 0 Å². The summed E-state index contributed by atoms with van der Waals surface area (Å²) < 4.78 is 16.8.